The number of benzene rings is 2. The molecule has 200 valence electrons. The number of carbonyl (C=O) groups excluding carboxylic acids is 1. The van der Waals surface area contributed by atoms with E-state index in [-0.39, 0.29) is 18.2 Å². The first kappa shape index (κ1) is 28.8. The van der Waals surface area contributed by atoms with E-state index in [1.165, 1.54) is 0 Å². The van der Waals surface area contributed by atoms with Crippen LogP contribution in [0.15, 0.2) is 47.5 Å². The molecule has 2 aromatic carbocycles. The molecule has 0 aliphatic heterocycles. The molecule has 0 saturated carbocycles. The number of hydrogen-bond donors (Lipinski definition) is 1. The molecule has 0 saturated heterocycles. The predicted octanol–water partition coefficient (Wildman–Crippen LogP) is 4.20. The van der Waals surface area contributed by atoms with E-state index in [2.05, 4.69) is 40.9 Å². The number of ether oxygens (including phenoxy) is 1. The molecule has 0 radical (unpaired) electrons. The number of nitrogens with one attached hydrogen (secondary N) is 1. The fourth-order valence-corrected chi connectivity index (χ4v) is 7.97. The summed E-state index contributed by atoms with van der Waals surface area (Å²) in [6.07, 6.45) is 2.08. The monoisotopic (exact) mass is 587 g/mol. The molecular formula is C29H31Cl2N3O2S2. The Morgan fingerprint density at radius 2 is 1.76 bits per heavy atom. The first-order chi connectivity index (χ1) is 17.4. The van der Waals surface area contributed by atoms with Gasteiger partial charge in [-0.3, -0.25) is 4.79 Å². The van der Waals surface area contributed by atoms with Gasteiger partial charge in [-0.2, -0.15) is 0 Å². The number of ketones is 1. The number of nitrogens with zero attached hydrogens (tertiary/aromatic N) is 2. The molecule has 5 nitrogen and oxygen atoms in total. The van der Waals surface area contributed by atoms with Crippen molar-refractivity contribution in [2.24, 2.45) is 0 Å². The number of carbonyl (C=O) groups is 1. The van der Waals surface area contributed by atoms with E-state index < -0.39 is 10.8 Å². The molecule has 1 N–H and O–H groups in total. The van der Waals surface area contributed by atoms with Crippen molar-refractivity contribution in [3.8, 4) is 11.7 Å². The number of aromatic nitrogens is 3. The number of hydrogen-bond acceptors (Lipinski definition) is 5. The smallest absolute Gasteiger partial charge is 0.402 e. The molecule has 9 heteroatoms. The van der Waals surface area contributed by atoms with Gasteiger partial charge < -0.3 is 17.1 Å². The molecule has 38 heavy (non-hydrogen) atoms. The number of fused-ring (bicyclic) bond motifs is 2. The van der Waals surface area contributed by atoms with E-state index in [0.717, 1.165) is 66.3 Å². The molecule has 2 aromatic heterocycles. The molecule has 1 aliphatic carbocycles. The van der Waals surface area contributed by atoms with E-state index >= 15 is 0 Å². The maximum absolute atomic E-state index is 13.1. The first-order valence-corrected chi connectivity index (χ1v) is 14.9. The van der Waals surface area contributed by atoms with Crippen molar-refractivity contribution in [2.45, 2.75) is 63.0 Å². The topological polar surface area (TPSA) is 58.9 Å². The molecule has 0 atom stereocenters. The Balaban J connectivity index is 0.00000336. The van der Waals surface area contributed by atoms with E-state index in [4.69, 9.17) is 21.3 Å². The lowest BCUT2D eigenvalue weighted by atomic mass is 9.80. The van der Waals surface area contributed by atoms with Crippen molar-refractivity contribution < 1.29 is 26.5 Å². The average molecular weight is 589 g/mol. The number of H-pyrrole nitrogens is 1. The number of Topliss-reactive ketones (excluding diaryl/α,β-unsaturated/α-hetero) is 1. The van der Waals surface area contributed by atoms with Gasteiger partial charge in [-0.05, 0) is 83.0 Å². The molecule has 5 rings (SSSR count). The molecule has 0 fully saturated rings. The number of aromatic amines is 1. The van der Waals surface area contributed by atoms with Crippen molar-refractivity contribution in [3.05, 3.63) is 75.6 Å². The second-order valence-electron chi connectivity index (χ2n) is 10.6. The Hall–Kier alpha value is -2.19. The Morgan fingerprint density at radius 1 is 1.08 bits per heavy atom. The summed E-state index contributed by atoms with van der Waals surface area (Å²) in [5.74, 6) is 2.62. The van der Waals surface area contributed by atoms with Crippen LogP contribution in [0.3, 0.4) is 0 Å². The van der Waals surface area contributed by atoms with Crippen molar-refractivity contribution in [3.63, 3.8) is 0 Å². The lowest BCUT2D eigenvalue weighted by Crippen LogP contribution is -3.00. The van der Waals surface area contributed by atoms with Crippen molar-refractivity contribution in [1.29, 1.82) is 0 Å². The number of rotatable bonds is 6. The largest absolute Gasteiger partial charge is 1.00 e. The summed E-state index contributed by atoms with van der Waals surface area (Å²) < 4.78 is 7.88. The van der Waals surface area contributed by atoms with Gasteiger partial charge in [0.1, 0.15) is 17.0 Å². The third-order valence-electron chi connectivity index (χ3n) is 7.42. The van der Waals surface area contributed by atoms with E-state index in [1.807, 2.05) is 52.8 Å². The van der Waals surface area contributed by atoms with Crippen molar-refractivity contribution in [2.75, 3.05) is 7.11 Å². The standard InChI is InChI=1S/C29H31ClN3O2S2.ClH/c1-16-14-33(24(17(2)25(16)35-7)15-36-37-19-10-8-9-18(30)11-19)27-31-22-12-20-21(13-23(22)32-27)29(5,6)26(34)28(20,3)4;/h8-14H,15H2,1-7H3,(H,31,32);1H/q+1;/p-1. The second-order valence-corrected chi connectivity index (χ2v) is 13.5. The summed E-state index contributed by atoms with van der Waals surface area (Å²) in [5.41, 5.74) is 6.08. The molecule has 4 aromatic rings. The highest BCUT2D eigenvalue weighted by Gasteiger charge is 2.50. The Labute approximate surface area is 242 Å². The zero-order chi connectivity index (χ0) is 26.7. The van der Waals surface area contributed by atoms with Crippen LogP contribution in [0.2, 0.25) is 5.02 Å². The number of aryl methyl sites for hydroxylation is 1. The molecule has 0 amide bonds. The minimum absolute atomic E-state index is 0. The van der Waals surface area contributed by atoms with Crippen molar-refractivity contribution in [1.82, 2.24) is 9.97 Å². The Morgan fingerprint density at radius 3 is 2.42 bits per heavy atom. The van der Waals surface area contributed by atoms with E-state index in [0.29, 0.717) is 0 Å². The van der Waals surface area contributed by atoms with Gasteiger partial charge in [0.05, 0.1) is 19.1 Å². The van der Waals surface area contributed by atoms with Crippen LogP contribution in [0.25, 0.3) is 17.0 Å². The van der Waals surface area contributed by atoms with Crippen LogP contribution in [0, 0.1) is 13.8 Å². The van der Waals surface area contributed by atoms with Gasteiger partial charge in [0.2, 0.25) is 0 Å². The number of methoxy groups -OCH3 is 1. The van der Waals surface area contributed by atoms with Gasteiger partial charge in [0.15, 0.2) is 11.3 Å². The quantitative estimate of drug-likeness (QED) is 0.270. The molecule has 0 spiro atoms. The Bertz CT molecular complexity index is 1510. The van der Waals surface area contributed by atoms with Crippen LogP contribution >= 0.6 is 33.2 Å². The predicted molar refractivity (Wildman–Crippen MR) is 153 cm³/mol. The summed E-state index contributed by atoms with van der Waals surface area (Å²) in [4.78, 5) is 22.8. The van der Waals surface area contributed by atoms with Crippen LogP contribution < -0.4 is 21.7 Å². The minimum atomic E-state index is -0.536. The summed E-state index contributed by atoms with van der Waals surface area (Å²) in [5, 5.41) is 0.732. The zero-order valence-corrected chi connectivity index (χ0v) is 25.7. The van der Waals surface area contributed by atoms with E-state index in [1.54, 1.807) is 28.7 Å². The highest BCUT2D eigenvalue weighted by molar-refractivity contribution is 8.76. The van der Waals surface area contributed by atoms with Gasteiger partial charge in [-0.15, -0.1) is 0 Å². The van der Waals surface area contributed by atoms with Gasteiger partial charge >= 0.3 is 5.95 Å². The van der Waals surface area contributed by atoms with Gasteiger partial charge in [0.25, 0.3) is 0 Å². The Kier molecular flexibility index (Phi) is 7.90. The fourth-order valence-electron chi connectivity index (χ4n) is 5.51. The third-order valence-corrected chi connectivity index (χ3v) is 9.89. The lowest BCUT2D eigenvalue weighted by Gasteiger charge is -2.21. The molecular weight excluding hydrogens is 557 g/mol. The molecule has 2 heterocycles. The average Bonchev–Trinajstić information content (AvgIpc) is 3.31. The molecule has 0 unspecified atom stereocenters. The first-order valence-electron chi connectivity index (χ1n) is 12.2. The molecule has 1 aliphatic rings. The fraction of sp³-hybridized carbons (Fsp3) is 0.345. The highest BCUT2D eigenvalue weighted by Crippen LogP contribution is 2.47. The van der Waals surface area contributed by atoms with Crippen LogP contribution in [0.4, 0.5) is 0 Å². The summed E-state index contributed by atoms with van der Waals surface area (Å²) in [6.45, 7) is 12.2. The van der Waals surface area contributed by atoms with Crippen LogP contribution in [-0.2, 0) is 21.4 Å². The van der Waals surface area contributed by atoms with E-state index in [9.17, 15) is 4.79 Å². The maximum atomic E-state index is 13.1. The second kappa shape index (κ2) is 10.4. The highest BCUT2D eigenvalue weighted by atomic mass is 35.5. The van der Waals surface area contributed by atoms with Crippen LogP contribution in [0.1, 0.15) is 55.6 Å². The lowest BCUT2D eigenvalue weighted by molar-refractivity contribution is -0.611. The van der Waals surface area contributed by atoms with Gasteiger partial charge in [0, 0.05) is 31.9 Å². The normalized spacial score (nSPS) is 15.4. The third kappa shape index (κ3) is 4.72. The van der Waals surface area contributed by atoms with Gasteiger partial charge in [-0.25, -0.2) is 9.55 Å². The number of halogens is 2. The summed E-state index contributed by atoms with van der Waals surface area (Å²) in [6, 6.07) is 12.1. The number of pyridine rings is 1. The van der Waals surface area contributed by atoms with Crippen LogP contribution in [0.5, 0.6) is 5.75 Å². The summed E-state index contributed by atoms with van der Waals surface area (Å²) in [7, 11) is 5.15. The number of imidazole rings is 1. The van der Waals surface area contributed by atoms with Crippen LogP contribution in [-0.4, -0.2) is 22.9 Å². The SMILES string of the molecule is COc1c(C)c[n+](-c2nc3cc4c(cc3[nH]2)C(C)(C)C(=O)C4(C)C)c(CSSc2cccc(Cl)c2)c1C.[Cl-]. The minimum Gasteiger partial charge on any atom is -1.00 e. The zero-order valence-electron chi connectivity index (χ0n) is 22.5. The maximum Gasteiger partial charge on any atom is 0.402 e. The van der Waals surface area contributed by atoms with Crippen molar-refractivity contribution >= 4 is 50.0 Å². The molecule has 0 bridgehead atoms. The summed E-state index contributed by atoms with van der Waals surface area (Å²) >= 11 is 6.17. The van der Waals surface area contributed by atoms with Gasteiger partial charge in [-0.1, -0.05) is 44.2 Å².